The number of carboxylic acid groups (broad SMARTS) is 2. The van der Waals surface area contributed by atoms with Crippen molar-refractivity contribution in [2.24, 2.45) is 11.8 Å². The van der Waals surface area contributed by atoms with Gasteiger partial charge < -0.3 is 19.8 Å². The number of hydrogen-bond donors (Lipinski definition) is 0. The maximum atomic E-state index is 10.4. The Morgan fingerprint density at radius 1 is 0.682 bits per heavy atom. The minimum atomic E-state index is -0.885. The molecular weight excluding hydrogens is 286 g/mol. The van der Waals surface area contributed by atoms with E-state index in [4.69, 9.17) is 0 Å². The van der Waals surface area contributed by atoms with Crippen molar-refractivity contribution in [3.8, 4) is 0 Å². The van der Waals surface area contributed by atoms with E-state index in [1.165, 1.54) is 0 Å². The molecule has 0 aromatic heterocycles. The van der Waals surface area contributed by atoms with Crippen molar-refractivity contribution in [2.75, 3.05) is 0 Å². The fourth-order valence-corrected chi connectivity index (χ4v) is 2.15. The third-order valence-electron chi connectivity index (χ3n) is 3.22. The van der Waals surface area contributed by atoms with Gasteiger partial charge in [-0.1, -0.05) is 53.4 Å². The van der Waals surface area contributed by atoms with E-state index in [2.05, 4.69) is 0 Å². The summed E-state index contributed by atoms with van der Waals surface area (Å²) >= 11 is 0. The first-order valence-corrected chi connectivity index (χ1v) is 7.86. The minimum Gasteiger partial charge on any atom is -0.550 e. The monoisotopic (exact) mass is 316 g/mol. The van der Waals surface area contributed by atoms with Crippen molar-refractivity contribution in [3.63, 3.8) is 0 Å². The van der Waals surface area contributed by atoms with Gasteiger partial charge in [0.15, 0.2) is 0 Å². The molecule has 0 rings (SSSR count). The standard InChI is InChI=1S/2C8H16O2.Li.Na/c2*1-3-5-7(6-4-2)8(9)10;;/h2*7H,3-6H2,1-2H3,(H,9,10);;/q;;2*+1/p-2. The molecule has 0 saturated carbocycles. The summed E-state index contributed by atoms with van der Waals surface area (Å²) in [5, 5.41) is 20.7. The van der Waals surface area contributed by atoms with Gasteiger partial charge in [-0.25, -0.2) is 0 Å². The van der Waals surface area contributed by atoms with E-state index in [1.807, 2.05) is 27.7 Å². The average molecular weight is 316 g/mol. The van der Waals surface area contributed by atoms with Crippen LogP contribution >= 0.6 is 0 Å². The summed E-state index contributed by atoms with van der Waals surface area (Å²) in [4.78, 5) is 20.7. The van der Waals surface area contributed by atoms with E-state index < -0.39 is 11.9 Å². The molecule has 0 amide bonds. The first-order chi connectivity index (χ1) is 9.44. The van der Waals surface area contributed by atoms with Crippen LogP contribution in [0.1, 0.15) is 79.1 Å². The second kappa shape index (κ2) is 21.5. The van der Waals surface area contributed by atoms with Crippen LogP contribution in [-0.2, 0) is 9.59 Å². The smallest absolute Gasteiger partial charge is 0.550 e. The Kier molecular flexibility index (Phi) is 29.8. The molecule has 0 aliphatic heterocycles. The van der Waals surface area contributed by atoms with E-state index in [-0.39, 0.29) is 60.3 Å². The first kappa shape index (κ1) is 30.4. The van der Waals surface area contributed by atoms with Gasteiger partial charge in [0.1, 0.15) is 0 Å². The molecule has 0 spiro atoms. The summed E-state index contributed by atoms with van der Waals surface area (Å²) in [7, 11) is 0. The Morgan fingerprint density at radius 3 is 0.955 bits per heavy atom. The van der Waals surface area contributed by atoms with Gasteiger partial charge in [0.05, 0.1) is 0 Å². The molecule has 0 aromatic carbocycles. The summed E-state index contributed by atoms with van der Waals surface area (Å²) < 4.78 is 0. The number of rotatable bonds is 10. The largest absolute Gasteiger partial charge is 1.00 e. The van der Waals surface area contributed by atoms with Gasteiger partial charge in [-0.2, -0.15) is 0 Å². The Balaban J connectivity index is -0.000000135. The molecule has 0 aliphatic rings. The number of carboxylic acids is 2. The average Bonchev–Trinajstić information content (AvgIpc) is 2.38. The normalized spacial score (nSPS) is 9.36. The Labute approximate surface area is 170 Å². The zero-order chi connectivity index (χ0) is 16.0. The molecular formula is C16H30LiNaO4. The van der Waals surface area contributed by atoms with Crippen molar-refractivity contribution in [1.82, 2.24) is 0 Å². The molecule has 120 valence electrons. The van der Waals surface area contributed by atoms with Crippen LogP contribution in [0.15, 0.2) is 0 Å². The van der Waals surface area contributed by atoms with Gasteiger partial charge >= 0.3 is 48.4 Å². The molecule has 0 aliphatic carbocycles. The molecule has 0 fully saturated rings. The molecule has 0 aromatic rings. The number of carbonyl (C=O) groups excluding carboxylic acids is 2. The predicted molar refractivity (Wildman–Crippen MR) is 76.6 cm³/mol. The molecule has 4 nitrogen and oxygen atoms in total. The zero-order valence-electron chi connectivity index (χ0n) is 15.4. The van der Waals surface area contributed by atoms with Crippen molar-refractivity contribution in [2.45, 2.75) is 79.1 Å². The first-order valence-electron chi connectivity index (χ1n) is 7.86. The topological polar surface area (TPSA) is 80.3 Å². The van der Waals surface area contributed by atoms with Crippen LogP contribution in [-0.4, -0.2) is 11.9 Å². The number of hydrogen-bond acceptors (Lipinski definition) is 4. The van der Waals surface area contributed by atoms with Crippen LogP contribution in [0.5, 0.6) is 0 Å². The summed E-state index contributed by atoms with van der Waals surface area (Å²) in [5.41, 5.74) is 0. The maximum absolute atomic E-state index is 10.4. The molecule has 0 heterocycles. The van der Waals surface area contributed by atoms with Crippen LogP contribution < -0.4 is 58.6 Å². The van der Waals surface area contributed by atoms with Crippen LogP contribution in [0, 0.1) is 11.8 Å². The Morgan fingerprint density at radius 2 is 0.864 bits per heavy atom. The fraction of sp³-hybridized carbons (Fsp3) is 0.875. The second-order valence-corrected chi connectivity index (χ2v) is 5.19. The molecule has 22 heavy (non-hydrogen) atoms. The third-order valence-corrected chi connectivity index (χ3v) is 3.22. The molecule has 0 N–H and O–H groups in total. The third kappa shape index (κ3) is 18.6. The molecule has 0 unspecified atom stereocenters. The van der Waals surface area contributed by atoms with Crippen molar-refractivity contribution in [1.29, 1.82) is 0 Å². The van der Waals surface area contributed by atoms with E-state index in [9.17, 15) is 19.8 Å². The molecule has 0 bridgehead atoms. The predicted octanol–water partition coefficient (Wildman–Crippen LogP) is -4.09. The molecule has 0 radical (unpaired) electrons. The van der Waals surface area contributed by atoms with Gasteiger partial charge in [-0.05, 0) is 37.5 Å². The van der Waals surface area contributed by atoms with Crippen LogP contribution in [0.4, 0.5) is 0 Å². The molecule has 0 saturated heterocycles. The van der Waals surface area contributed by atoms with Crippen molar-refractivity contribution in [3.05, 3.63) is 0 Å². The maximum Gasteiger partial charge on any atom is 1.00 e. The van der Waals surface area contributed by atoms with Gasteiger partial charge in [-0.3, -0.25) is 0 Å². The zero-order valence-corrected chi connectivity index (χ0v) is 17.4. The van der Waals surface area contributed by atoms with Crippen LogP contribution in [0.2, 0.25) is 0 Å². The van der Waals surface area contributed by atoms with Gasteiger partial charge in [0, 0.05) is 11.9 Å². The number of aliphatic carboxylic acids is 2. The fourth-order valence-electron chi connectivity index (χ4n) is 2.15. The van der Waals surface area contributed by atoms with E-state index in [0.717, 1.165) is 51.4 Å². The van der Waals surface area contributed by atoms with Crippen LogP contribution in [0.3, 0.4) is 0 Å². The van der Waals surface area contributed by atoms with Crippen LogP contribution in [0.25, 0.3) is 0 Å². The van der Waals surface area contributed by atoms with Crippen molar-refractivity contribution >= 4 is 11.9 Å². The van der Waals surface area contributed by atoms with Crippen molar-refractivity contribution < 1.29 is 68.2 Å². The van der Waals surface area contributed by atoms with Gasteiger partial charge in [-0.15, -0.1) is 0 Å². The SMILES string of the molecule is CCCC(CCC)C(=O)[O-].CCCC(CCC)C(=O)[O-].[Li+].[Na+]. The second-order valence-electron chi connectivity index (χ2n) is 5.19. The number of carbonyl (C=O) groups is 2. The van der Waals surface area contributed by atoms with E-state index in [1.54, 1.807) is 0 Å². The van der Waals surface area contributed by atoms with Gasteiger partial charge in [0.2, 0.25) is 0 Å². The minimum absolute atomic E-state index is 0. The Bertz CT molecular complexity index is 225. The summed E-state index contributed by atoms with van der Waals surface area (Å²) in [6.45, 7) is 7.97. The molecule has 6 heteroatoms. The van der Waals surface area contributed by atoms with E-state index >= 15 is 0 Å². The summed E-state index contributed by atoms with van der Waals surface area (Å²) in [5.74, 6) is -2.20. The van der Waals surface area contributed by atoms with E-state index in [0.29, 0.717) is 0 Å². The van der Waals surface area contributed by atoms with Gasteiger partial charge in [0.25, 0.3) is 0 Å². The summed E-state index contributed by atoms with van der Waals surface area (Å²) in [6, 6.07) is 0. The Hall–Kier alpha value is 0.537. The quantitative estimate of drug-likeness (QED) is 0.384. The summed E-state index contributed by atoms with van der Waals surface area (Å²) in [6.07, 6.45) is 6.76. The molecule has 0 atom stereocenters.